The molecule has 1 aromatic rings. The van der Waals surface area contributed by atoms with Crippen molar-refractivity contribution in [1.82, 2.24) is 0 Å². The number of ether oxygens (including phenoxy) is 2. The molecular weight excluding hydrogens is 250 g/mol. The second kappa shape index (κ2) is 5.86. The second-order valence-electron chi connectivity index (χ2n) is 5.90. The summed E-state index contributed by atoms with van der Waals surface area (Å²) in [5, 5.41) is 0. The zero-order valence-corrected chi connectivity index (χ0v) is 12.2. The molecule has 1 saturated carbocycles. The Hall–Kier alpha value is -1.51. The first-order valence-electron chi connectivity index (χ1n) is 7.65. The Balaban J connectivity index is 1.66. The van der Waals surface area contributed by atoms with Crippen LogP contribution in [0.1, 0.15) is 44.1 Å². The van der Waals surface area contributed by atoms with Gasteiger partial charge in [0, 0.05) is 19.4 Å². The molecule has 108 valence electrons. The Labute approximate surface area is 121 Å². The van der Waals surface area contributed by atoms with E-state index in [1.807, 2.05) is 12.1 Å². The smallest absolute Gasteiger partial charge is 0.188 e. The Morgan fingerprint density at radius 1 is 1.10 bits per heavy atom. The van der Waals surface area contributed by atoms with Crippen LogP contribution in [-0.4, -0.2) is 25.2 Å². The largest absolute Gasteiger partial charge is 0.497 e. The van der Waals surface area contributed by atoms with Gasteiger partial charge in [-0.25, -0.2) is 0 Å². The lowest BCUT2D eigenvalue weighted by molar-refractivity contribution is 0.000946. The van der Waals surface area contributed by atoms with E-state index in [-0.39, 0.29) is 5.60 Å². The summed E-state index contributed by atoms with van der Waals surface area (Å²) in [6, 6.07) is 8.17. The van der Waals surface area contributed by atoms with E-state index >= 15 is 0 Å². The van der Waals surface area contributed by atoms with Gasteiger partial charge in [0.15, 0.2) is 5.90 Å². The summed E-state index contributed by atoms with van der Waals surface area (Å²) in [6.07, 6.45) is 8.26. The van der Waals surface area contributed by atoms with Crippen LogP contribution in [0.2, 0.25) is 0 Å². The Bertz CT molecular complexity index is 472. The van der Waals surface area contributed by atoms with Gasteiger partial charge in [0.25, 0.3) is 0 Å². The molecule has 1 aromatic carbocycles. The SMILES string of the molecule is COc1ccc(CC2=NCCC3(CCCCC3)O2)cc1. The number of benzene rings is 1. The van der Waals surface area contributed by atoms with Crippen LogP contribution >= 0.6 is 0 Å². The quantitative estimate of drug-likeness (QED) is 0.839. The average Bonchev–Trinajstić information content (AvgIpc) is 2.49. The summed E-state index contributed by atoms with van der Waals surface area (Å²) in [4.78, 5) is 4.58. The second-order valence-corrected chi connectivity index (χ2v) is 5.90. The number of methoxy groups -OCH3 is 1. The molecule has 1 aliphatic carbocycles. The lowest BCUT2D eigenvalue weighted by atomic mass is 9.81. The molecule has 0 N–H and O–H groups in total. The molecule has 0 amide bonds. The zero-order chi connectivity index (χ0) is 13.8. The molecule has 0 atom stereocenters. The molecule has 1 spiro atoms. The first-order valence-corrected chi connectivity index (χ1v) is 7.65. The third-order valence-corrected chi connectivity index (χ3v) is 4.47. The Morgan fingerprint density at radius 3 is 2.55 bits per heavy atom. The van der Waals surface area contributed by atoms with Gasteiger partial charge in [-0.1, -0.05) is 18.6 Å². The van der Waals surface area contributed by atoms with Gasteiger partial charge in [-0.05, 0) is 43.4 Å². The minimum atomic E-state index is 0.0990. The lowest BCUT2D eigenvalue weighted by Gasteiger charge is -2.40. The van der Waals surface area contributed by atoms with Crippen LogP contribution in [-0.2, 0) is 11.2 Å². The molecule has 1 aliphatic heterocycles. The highest BCUT2D eigenvalue weighted by molar-refractivity contribution is 5.79. The van der Waals surface area contributed by atoms with Crippen molar-refractivity contribution in [3.63, 3.8) is 0 Å². The Kier molecular flexibility index (Phi) is 3.95. The van der Waals surface area contributed by atoms with Crippen LogP contribution in [0.3, 0.4) is 0 Å². The van der Waals surface area contributed by atoms with Gasteiger partial charge in [-0.3, -0.25) is 4.99 Å². The van der Waals surface area contributed by atoms with Crippen LogP contribution in [0.15, 0.2) is 29.3 Å². The highest BCUT2D eigenvalue weighted by Crippen LogP contribution is 2.36. The van der Waals surface area contributed by atoms with Crippen molar-refractivity contribution in [1.29, 1.82) is 0 Å². The van der Waals surface area contributed by atoms with E-state index in [1.165, 1.54) is 37.7 Å². The topological polar surface area (TPSA) is 30.8 Å². The van der Waals surface area contributed by atoms with Gasteiger partial charge in [0.2, 0.25) is 0 Å². The summed E-state index contributed by atoms with van der Waals surface area (Å²) in [5.41, 5.74) is 1.33. The van der Waals surface area contributed by atoms with E-state index in [4.69, 9.17) is 9.47 Å². The molecule has 1 fully saturated rings. The minimum absolute atomic E-state index is 0.0990. The van der Waals surface area contributed by atoms with Gasteiger partial charge < -0.3 is 9.47 Å². The van der Waals surface area contributed by atoms with Crippen LogP contribution in [0.5, 0.6) is 5.75 Å². The third-order valence-electron chi connectivity index (χ3n) is 4.47. The highest BCUT2D eigenvalue weighted by atomic mass is 16.5. The molecule has 3 heteroatoms. The van der Waals surface area contributed by atoms with Gasteiger partial charge in [-0.15, -0.1) is 0 Å². The van der Waals surface area contributed by atoms with Gasteiger partial charge in [-0.2, -0.15) is 0 Å². The number of hydrogen-bond acceptors (Lipinski definition) is 3. The van der Waals surface area contributed by atoms with E-state index < -0.39 is 0 Å². The molecule has 3 nitrogen and oxygen atoms in total. The predicted octanol–water partition coefficient (Wildman–Crippen LogP) is 3.76. The number of hydrogen-bond donors (Lipinski definition) is 0. The molecule has 1 heterocycles. The van der Waals surface area contributed by atoms with Crippen molar-refractivity contribution in [2.24, 2.45) is 4.99 Å². The van der Waals surface area contributed by atoms with E-state index in [2.05, 4.69) is 17.1 Å². The van der Waals surface area contributed by atoms with Crippen LogP contribution < -0.4 is 4.74 Å². The maximum absolute atomic E-state index is 6.29. The van der Waals surface area contributed by atoms with Crippen LogP contribution in [0.4, 0.5) is 0 Å². The predicted molar refractivity (Wildman–Crippen MR) is 80.5 cm³/mol. The monoisotopic (exact) mass is 273 g/mol. The van der Waals surface area contributed by atoms with Gasteiger partial charge >= 0.3 is 0 Å². The standard InChI is InChI=1S/C17H23NO2/c1-19-15-7-5-14(6-8-15)13-16-18-12-11-17(20-16)9-3-2-4-10-17/h5-8H,2-4,9-13H2,1H3. The fourth-order valence-corrected chi connectivity index (χ4v) is 3.28. The third kappa shape index (κ3) is 2.97. The summed E-state index contributed by atoms with van der Waals surface area (Å²) < 4.78 is 11.5. The van der Waals surface area contributed by atoms with Crippen molar-refractivity contribution >= 4 is 5.90 Å². The van der Waals surface area contributed by atoms with Crippen molar-refractivity contribution in [3.8, 4) is 5.75 Å². The molecule has 2 aliphatic rings. The summed E-state index contributed by atoms with van der Waals surface area (Å²) in [7, 11) is 1.69. The van der Waals surface area contributed by atoms with E-state index in [1.54, 1.807) is 7.11 Å². The van der Waals surface area contributed by atoms with E-state index in [9.17, 15) is 0 Å². The van der Waals surface area contributed by atoms with E-state index in [0.29, 0.717) is 0 Å². The normalized spacial score (nSPS) is 21.1. The minimum Gasteiger partial charge on any atom is -0.497 e. The van der Waals surface area contributed by atoms with Crippen LogP contribution in [0.25, 0.3) is 0 Å². The van der Waals surface area contributed by atoms with Gasteiger partial charge in [0.05, 0.1) is 7.11 Å². The van der Waals surface area contributed by atoms with E-state index in [0.717, 1.165) is 31.0 Å². The first kappa shape index (κ1) is 13.5. The van der Waals surface area contributed by atoms with Gasteiger partial charge in [0.1, 0.15) is 11.4 Å². The number of nitrogens with zero attached hydrogens (tertiary/aromatic N) is 1. The molecular formula is C17H23NO2. The first-order chi connectivity index (χ1) is 9.80. The molecule has 0 unspecified atom stereocenters. The van der Waals surface area contributed by atoms with Crippen LogP contribution in [0, 0.1) is 0 Å². The van der Waals surface area contributed by atoms with Crippen molar-refractivity contribution in [2.45, 2.75) is 50.5 Å². The molecule has 0 saturated heterocycles. The fourth-order valence-electron chi connectivity index (χ4n) is 3.28. The highest BCUT2D eigenvalue weighted by Gasteiger charge is 2.36. The number of rotatable bonds is 3. The van der Waals surface area contributed by atoms with Crippen molar-refractivity contribution in [2.75, 3.05) is 13.7 Å². The molecule has 0 aromatic heterocycles. The zero-order valence-electron chi connectivity index (χ0n) is 12.2. The molecule has 20 heavy (non-hydrogen) atoms. The average molecular weight is 273 g/mol. The Morgan fingerprint density at radius 2 is 1.85 bits per heavy atom. The van der Waals surface area contributed by atoms with Crippen molar-refractivity contribution < 1.29 is 9.47 Å². The fraction of sp³-hybridized carbons (Fsp3) is 0.588. The maximum Gasteiger partial charge on any atom is 0.188 e. The number of aliphatic imine (C=N–C) groups is 1. The summed E-state index contributed by atoms with van der Waals surface area (Å²) >= 11 is 0. The maximum atomic E-state index is 6.29. The summed E-state index contributed by atoms with van der Waals surface area (Å²) in [6.45, 7) is 0.922. The lowest BCUT2D eigenvalue weighted by Crippen LogP contribution is -2.41. The van der Waals surface area contributed by atoms with Crippen molar-refractivity contribution in [3.05, 3.63) is 29.8 Å². The molecule has 3 rings (SSSR count). The molecule has 0 bridgehead atoms. The summed E-state index contributed by atoms with van der Waals surface area (Å²) in [5.74, 6) is 1.81. The molecule has 0 radical (unpaired) electrons.